The highest BCUT2D eigenvalue weighted by molar-refractivity contribution is 5.49. The smallest absolute Gasteiger partial charge is 0.330 e. The van der Waals surface area contributed by atoms with Gasteiger partial charge in [0.1, 0.15) is 5.82 Å². The van der Waals surface area contributed by atoms with Crippen molar-refractivity contribution in [1.29, 1.82) is 0 Å². The van der Waals surface area contributed by atoms with Gasteiger partial charge >= 0.3 is 6.18 Å². The van der Waals surface area contributed by atoms with Gasteiger partial charge in [0.05, 0.1) is 17.3 Å². The monoisotopic (exact) mass is 243 g/mol. The molecular weight excluding hydrogens is 231 g/mol. The SMILES string of the molecule is NCCCc1ncc2cc(C(F)(F)F)ccn12. The van der Waals surface area contributed by atoms with Crippen LogP contribution in [0.1, 0.15) is 17.8 Å². The Kier molecular flexibility index (Phi) is 3.06. The molecule has 92 valence electrons. The zero-order valence-electron chi connectivity index (χ0n) is 9.04. The maximum Gasteiger partial charge on any atom is 0.416 e. The van der Waals surface area contributed by atoms with Crippen molar-refractivity contribution in [3.63, 3.8) is 0 Å². The van der Waals surface area contributed by atoms with E-state index in [4.69, 9.17) is 5.73 Å². The van der Waals surface area contributed by atoms with Gasteiger partial charge in [-0.2, -0.15) is 13.2 Å². The molecule has 0 aliphatic rings. The van der Waals surface area contributed by atoms with Gasteiger partial charge in [0, 0.05) is 12.6 Å². The predicted octanol–water partition coefficient (Wildman–Crippen LogP) is 2.24. The number of aromatic nitrogens is 2. The molecule has 0 aromatic carbocycles. The van der Waals surface area contributed by atoms with Crippen LogP contribution >= 0.6 is 0 Å². The third-order valence-electron chi connectivity index (χ3n) is 2.54. The normalized spacial score (nSPS) is 12.2. The molecule has 2 aromatic rings. The third kappa shape index (κ3) is 2.41. The highest BCUT2D eigenvalue weighted by atomic mass is 19.4. The number of fused-ring (bicyclic) bond motifs is 1. The lowest BCUT2D eigenvalue weighted by molar-refractivity contribution is -0.137. The van der Waals surface area contributed by atoms with Crippen molar-refractivity contribution in [2.24, 2.45) is 5.73 Å². The Morgan fingerprint density at radius 1 is 1.35 bits per heavy atom. The number of hydrogen-bond acceptors (Lipinski definition) is 2. The Hall–Kier alpha value is -1.56. The molecule has 2 N–H and O–H groups in total. The summed E-state index contributed by atoms with van der Waals surface area (Å²) >= 11 is 0. The van der Waals surface area contributed by atoms with Crippen molar-refractivity contribution in [2.45, 2.75) is 19.0 Å². The topological polar surface area (TPSA) is 43.3 Å². The Morgan fingerprint density at radius 2 is 2.12 bits per heavy atom. The van der Waals surface area contributed by atoms with Crippen molar-refractivity contribution in [1.82, 2.24) is 9.38 Å². The number of rotatable bonds is 3. The van der Waals surface area contributed by atoms with Crippen LogP contribution in [0, 0.1) is 0 Å². The van der Waals surface area contributed by atoms with Crippen LogP contribution in [0.15, 0.2) is 24.5 Å². The lowest BCUT2D eigenvalue weighted by Gasteiger charge is -2.07. The molecule has 0 aliphatic carbocycles. The average molecular weight is 243 g/mol. The van der Waals surface area contributed by atoms with E-state index in [1.807, 2.05) is 0 Å². The van der Waals surface area contributed by atoms with Crippen molar-refractivity contribution in [2.75, 3.05) is 6.54 Å². The zero-order valence-corrected chi connectivity index (χ0v) is 9.04. The minimum atomic E-state index is -4.32. The van der Waals surface area contributed by atoms with Gasteiger partial charge < -0.3 is 10.1 Å². The average Bonchev–Trinajstić information content (AvgIpc) is 2.67. The maximum atomic E-state index is 12.5. The van der Waals surface area contributed by atoms with E-state index in [-0.39, 0.29) is 0 Å². The van der Waals surface area contributed by atoms with Gasteiger partial charge in [0.15, 0.2) is 0 Å². The van der Waals surface area contributed by atoms with E-state index in [0.717, 1.165) is 24.4 Å². The van der Waals surface area contributed by atoms with E-state index >= 15 is 0 Å². The summed E-state index contributed by atoms with van der Waals surface area (Å²) in [7, 11) is 0. The Balaban J connectivity index is 2.38. The molecule has 6 heteroatoms. The van der Waals surface area contributed by atoms with E-state index < -0.39 is 11.7 Å². The van der Waals surface area contributed by atoms with E-state index in [1.54, 1.807) is 4.40 Å². The molecule has 2 heterocycles. The zero-order chi connectivity index (χ0) is 12.5. The molecule has 0 unspecified atom stereocenters. The molecule has 0 fully saturated rings. The molecule has 3 nitrogen and oxygen atoms in total. The van der Waals surface area contributed by atoms with Crippen molar-refractivity contribution in [3.8, 4) is 0 Å². The first kappa shape index (κ1) is 11.9. The number of nitrogens with zero attached hydrogens (tertiary/aromatic N) is 2. The highest BCUT2D eigenvalue weighted by Gasteiger charge is 2.30. The van der Waals surface area contributed by atoms with Crippen LogP contribution in [-0.2, 0) is 12.6 Å². The lowest BCUT2D eigenvalue weighted by Crippen LogP contribution is -2.06. The van der Waals surface area contributed by atoms with Crippen LogP contribution < -0.4 is 5.73 Å². The van der Waals surface area contributed by atoms with Gasteiger partial charge in [-0.05, 0) is 25.1 Å². The summed E-state index contributed by atoms with van der Waals surface area (Å²) in [6.45, 7) is 0.537. The molecular formula is C11H12F3N3. The summed E-state index contributed by atoms with van der Waals surface area (Å²) in [5.74, 6) is 0.735. The van der Waals surface area contributed by atoms with Gasteiger partial charge in [-0.1, -0.05) is 0 Å². The van der Waals surface area contributed by atoms with E-state index in [1.165, 1.54) is 12.4 Å². The first-order valence-corrected chi connectivity index (χ1v) is 5.25. The van der Waals surface area contributed by atoms with Crippen LogP contribution in [0.4, 0.5) is 13.2 Å². The molecule has 0 bridgehead atoms. The maximum absolute atomic E-state index is 12.5. The van der Waals surface area contributed by atoms with Crippen LogP contribution in [0.2, 0.25) is 0 Å². The Bertz CT molecular complexity index is 516. The van der Waals surface area contributed by atoms with Crippen molar-refractivity contribution in [3.05, 3.63) is 35.9 Å². The number of alkyl halides is 3. The van der Waals surface area contributed by atoms with Gasteiger partial charge in [-0.25, -0.2) is 4.98 Å². The summed E-state index contributed by atoms with van der Waals surface area (Å²) in [6.07, 6.45) is -0.0439. The largest absolute Gasteiger partial charge is 0.416 e. The minimum Gasteiger partial charge on any atom is -0.330 e. The fourth-order valence-corrected chi connectivity index (χ4v) is 1.68. The second-order valence-corrected chi connectivity index (χ2v) is 3.77. The number of pyridine rings is 1. The number of aryl methyl sites for hydroxylation is 1. The standard InChI is InChI=1S/C11H12F3N3/c12-11(13,14)8-3-5-17-9(6-8)7-16-10(17)2-1-4-15/h3,5-7H,1-2,4,15H2. The summed E-state index contributed by atoms with van der Waals surface area (Å²) in [6, 6.07) is 2.15. The fourth-order valence-electron chi connectivity index (χ4n) is 1.68. The van der Waals surface area contributed by atoms with Gasteiger partial charge in [0.2, 0.25) is 0 Å². The Morgan fingerprint density at radius 3 is 2.76 bits per heavy atom. The summed E-state index contributed by atoms with van der Waals surface area (Å²) in [4.78, 5) is 4.10. The molecule has 0 spiro atoms. The summed E-state index contributed by atoms with van der Waals surface area (Å²) in [5, 5.41) is 0. The van der Waals surface area contributed by atoms with Crippen LogP contribution in [0.5, 0.6) is 0 Å². The number of imidazole rings is 1. The van der Waals surface area contributed by atoms with Crippen LogP contribution in [0.3, 0.4) is 0 Å². The molecule has 2 aromatic heterocycles. The van der Waals surface area contributed by atoms with Crippen LogP contribution in [0.25, 0.3) is 5.52 Å². The molecule has 0 saturated carbocycles. The first-order chi connectivity index (χ1) is 8.02. The number of hydrogen-bond donors (Lipinski definition) is 1. The predicted molar refractivity (Wildman–Crippen MR) is 57.6 cm³/mol. The number of nitrogens with two attached hydrogens (primary N) is 1. The fraction of sp³-hybridized carbons (Fsp3) is 0.364. The quantitative estimate of drug-likeness (QED) is 0.898. The molecule has 0 amide bonds. The first-order valence-electron chi connectivity index (χ1n) is 5.25. The van der Waals surface area contributed by atoms with Gasteiger partial charge in [0.25, 0.3) is 0 Å². The van der Waals surface area contributed by atoms with Gasteiger partial charge in [-0.3, -0.25) is 0 Å². The van der Waals surface area contributed by atoms with E-state index in [0.29, 0.717) is 18.5 Å². The Labute approximate surface area is 96.1 Å². The molecule has 0 atom stereocenters. The van der Waals surface area contributed by atoms with E-state index in [2.05, 4.69) is 4.98 Å². The second-order valence-electron chi connectivity index (χ2n) is 3.77. The molecule has 0 saturated heterocycles. The van der Waals surface area contributed by atoms with Gasteiger partial charge in [-0.15, -0.1) is 0 Å². The van der Waals surface area contributed by atoms with Crippen LogP contribution in [-0.4, -0.2) is 15.9 Å². The molecule has 17 heavy (non-hydrogen) atoms. The third-order valence-corrected chi connectivity index (χ3v) is 2.54. The molecule has 2 rings (SSSR count). The molecule has 0 radical (unpaired) electrons. The number of halogens is 3. The summed E-state index contributed by atoms with van der Waals surface area (Å²) in [5.41, 5.74) is 5.18. The van der Waals surface area contributed by atoms with E-state index in [9.17, 15) is 13.2 Å². The van der Waals surface area contributed by atoms with Crippen molar-refractivity contribution >= 4 is 5.52 Å². The highest BCUT2D eigenvalue weighted by Crippen LogP contribution is 2.29. The minimum absolute atomic E-state index is 0.451. The second kappa shape index (κ2) is 4.37. The lowest BCUT2D eigenvalue weighted by atomic mass is 10.2. The summed E-state index contributed by atoms with van der Waals surface area (Å²) < 4.78 is 39.1. The molecule has 0 aliphatic heterocycles. The van der Waals surface area contributed by atoms with Crippen molar-refractivity contribution < 1.29 is 13.2 Å².